The Labute approximate surface area is 113 Å². The van der Waals surface area contributed by atoms with Gasteiger partial charge in [-0.05, 0) is 26.0 Å². The normalized spacial score (nSPS) is 23.2. The van der Waals surface area contributed by atoms with Gasteiger partial charge in [0, 0.05) is 25.2 Å². The van der Waals surface area contributed by atoms with E-state index in [9.17, 15) is 9.90 Å². The predicted molar refractivity (Wildman–Crippen MR) is 72.6 cm³/mol. The highest BCUT2D eigenvalue weighted by Crippen LogP contribution is 2.31. The van der Waals surface area contributed by atoms with Gasteiger partial charge in [-0.1, -0.05) is 6.07 Å². The number of benzene rings is 1. The van der Waals surface area contributed by atoms with Gasteiger partial charge in [0.15, 0.2) is 11.5 Å². The van der Waals surface area contributed by atoms with Crippen molar-refractivity contribution in [1.29, 1.82) is 0 Å². The maximum Gasteiger partial charge on any atom is 0.258 e. The molecular formula is C14H20N2O3. The first-order chi connectivity index (χ1) is 9.06. The summed E-state index contributed by atoms with van der Waals surface area (Å²) in [5, 5.41) is 13.4. The third-order valence-corrected chi connectivity index (χ3v) is 3.51. The smallest absolute Gasteiger partial charge is 0.258 e. The number of hydrogen-bond acceptors (Lipinski definition) is 4. The first-order valence-corrected chi connectivity index (χ1v) is 6.45. The van der Waals surface area contributed by atoms with Crippen LogP contribution in [0.4, 0.5) is 0 Å². The molecule has 1 aliphatic heterocycles. The van der Waals surface area contributed by atoms with E-state index < -0.39 is 0 Å². The van der Waals surface area contributed by atoms with Gasteiger partial charge in [0.25, 0.3) is 5.91 Å². The molecule has 2 rings (SSSR count). The highest BCUT2D eigenvalue weighted by Gasteiger charge is 2.31. The minimum Gasteiger partial charge on any atom is -0.504 e. The number of rotatable bonds is 2. The van der Waals surface area contributed by atoms with Gasteiger partial charge >= 0.3 is 0 Å². The van der Waals surface area contributed by atoms with Crippen LogP contribution in [0, 0.1) is 0 Å². The number of hydrogen-bond donors (Lipinski definition) is 2. The van der Waals surface area contributed by atoms with Crippen molar-refractivity contribution >= 4 is 5.91 Å². The highest BCUT2D eigenvalue weighted by molar-refractivity contribution is 5.98. The van der Waals surface area contributed by atoms with Crippen molar-refractivity contribution in [2.45, 2.75) is 25.9 Å². The first-order valence-electron chi connectivity index (χ1n) is 6.45. The van der Waals surface area contributed by atoms with E-state index in [0.717, 1.165) is 13.1 Å². The molecule has 1 aliphatic rings. The molecule has 1 heterocycles. The van der Waals surface area contributed by atoms with Gasteiger partial charge in [-0.25, -0.2) is 0 Å². The number of piperazine rings is 1. The highest BCUT2D eigenvalue weighted by atomic mass is 16.5. The maximum absolute atomic E-state index is 12.6. The van der Waals surface area contributed by atoms with Crippen LogP contribution in [0.2, 0.25) is 0 Å². The molecule has 1 fully saturated rings. The second-order valence-corrected chi connectivity index (χ2v) is 4.93. The summed E-state index contributed by atoms with van der Waals surface area (Å²) < 4.78 is 5.04. The number of carbonyl (C=O) groups is 1. The number of phenols is 1. The zero-order valence-corrected chi connectivity index (χ0v) is 11.5. The van der Waals surface area contributed by atoms with E-state index >= 15 is 0 Å². The van der Waals surface area contributed by atoms with Gasteiger partial charge in [0.2, 0.25) is 0 Å². The molecule has 2 unspecified atom stereocenters. The largest absolute Gasteiger partial charge is 0.504 e. The summed E-state index contributed by atoms with van der Waals surface area (Å²) in [5.74, 6) is 0.0760. The summed E-state index contributed by atoms with van der Waals surface area (Å²) in [7, 11) is 1.47. The molecule has 0 aromatic heterocycles. The minimum absolute atomic E-state index is 0.0899. The molecular weight excluding hydrogens is 244 g/mol. The van der Waals surface area contributed by atoms with Crippen LogP contribution in [-0.2, 0) is 0 Å². The number of para-hydroxylation sites is 1. The molecule has 0 aliphatic carbocycles. The maximum atomic E-state index is 12.6. The molecule has 2 N–H and O–H groups in total. The number of methoxy groups -OCH3 is 1. The van der Waals surface area contributed by atoms with Crippen LogP contribution < -0.4 is 10.1 Å². The van der Waals surface area contributed by atoms with Crippen LogP contribution in [0.25, 0.3) is 0 Å². The van der Waals surface area contributed by atoms with Gasteiger partial charge in [0.05, 0.1) is 12.7 Å². The zero-order chi connectivity index (χ0) is 14.0. The monoisotopic (exact) mass is 264 g/mol. The molecule has 0 bridgehead atoms. The number of ether oxygens (including phenoxy) is 1. The summed E-state index contributed by atoms with van der Waals surface area (Å²) in [6.07, 6.45) is 0. The van der Waals surface area contributed by atoms with E-state index in [1.54, 1.807) is 18.2 Å². The van der Waals surface area contributed by atoms with Crippen molar-refractivity contribution in [3.63, 3.8) is 0 Å². The van der Waals surface area contributed by atoms with Gasteiger partial charge in [-0.2, -0.15) is 0 Å². The lowest BCUT2D eigenvalue weighted by atomic mass is 10.1. The van der Waals surface area contributed by atoms with Gasteiger partial charge in [-0.15, -0.1) is 0 Å². The topological polar surface area (TPSA) is 61.8 Å². The first kappa shape index (κ1) is 13.7. The standard InChI is InChI=1S/C14H20N2O3/c1-9-7-15-8-10(2)16(9)14(18)11-5-4-6-12(19-3)13(11)17/h4-6,9-10,15,17H,7-8H2,1-3H3. The second-order valence-electron chi connectivity index (χ2n) is 4.93. The summed E-state index contributed by atoms with van der Waals surface area (Å²) in [6, 6.07) is 5.17. The van der Waals surface area contributed by atoms with E-state index in [-0.39, 0.29) is 23.7 Å². The van der Waals surface area contributed by atoms with E-state index in [0.29, 0.717) is 11.3 Å². The van der Waals surface area contributed by atoms with Crippen LogP contribution in [0.5, 0.6) is 11.5 Å². The SMILES string of the molecule is COc1cccc(C(=O)N2C(C)CNCC2C)c1O. The van der Waals surface area contributed by atoms with Gasteiger partial charge < -0.3 is 20.1 Å². The summed E-state index contributed by atoms with van der Waals surface area (Å²) in [4.78, 5) is 14.4. The van der Waals surface area contributed by atoms with E-state index in [1.807, 2.05) is 18.7 Å². The molecule has 2 atom stereocenters. The summed E-state index contributed by atoms with van der Waals surface area (Å²) in [6.45, 7) is 5.52. The third kappa shape index (κ3) is 2.51. The number of carbonyl (C=O) groups excluding carboxylic acids is 1. The third-order valence-electron chi connectivity index (χ3n) is 3.51. The Morgan fingerprint density at radius 1 is 1.37 bits per heavy atom. The molecule has 1 aromatic carbocycles. The summed E-state index contributed by atoms with van der Waals surface area (Å²) in [5.41, 5.74) is 0.292. The fourth-order valence-corrected chi connectivity index (χ4v) is 2.53. The molecule has 1 saturated heterocycles. The Kier molecular flexibility index (Phi) is 3.95. The lowest BCUT2D eigenvalue weighted by molar-refractivity contribution is 0.0541. The van der Waals surface area contributed by atoms with Gasteiger partial charge in [0.1, 0.15) is 0 Å². The number of nitrogens with zero attached hydrogens (tertiary/aromatic N) is 1. The Morgan fingerprint density at radius 2 is 2.00 bits per heavy atom. The fraction of sp³-hybridized carbons (Fsp3) is 0.500. The molecule has 19 heavy (non-hydrogen) atoms. The number of amides is 1. The average Bonchev–Trinajstić information content (AvgIpc) is 2.38. The molecule has 1 aromatic rings. The van der Waals surface area contributed by atoms with E-state index in [4.69, 9.17) is 4.74 Å². The van der Waals surface area contributed by atoms with E-state index in [1.165, 1.54) is 7.11 Å². The molecule has 0 spiro atoms. The van der Waals surface area contributed by atoms with Crippen LogP contribution in [0.15, 0.2) is 18.2 Å². The number of aromatic hydroxyl groups is 1. The second kappa shape index (κ2) is 5.48. The Hall–Kier alpha value is -1.75. The van der Waals surface area contributed by atoms with Gasteiger partial charge in [-0.3, -0.25) is 4.79 Å². The Morgan fingerprint density at radius 3 is 2.58 bits per heavy atom. The van der Waals surface area contributed by atoms with Crippen molar-refractivity contribution < 1.29 is 14.6 Å². The van der Waals surface area contributed by atoms with Crippen molar-refractivity contribution in [3.8, 4) is 11.5 Å². The zero-order valence-electron chi connectivity index (χ0n) is 11.5. The van der Waals surface area contributed by atoms with Crippen molar-refractivity contribution in [2.75, 3.05) is 20.2 Å². The summed E-state index contributed by atoms with van der Waals surface area (Å²) >= 11 is 0. The predicted octanol–water partition coefficient (Wildman–Crippen LogP) is 1.22. The lowest BCUT2D eigenvalue weighted by Gasteiger charge is -2.39. The Bertz CT molecular complexity index is 466. The number of phenolic OH excluding ortho intramolecular Hbond substituents is 1. The van der Waals surface area contributed by atoms with Crippen LogP contribution in [0.3, 0.4) is 0 Å². The van der Waals surface area contributed by atoms with Crippen molar-refractivity contribution in [1.82, 2.24) is 10.2 Å². The molecule has 0 saturated carbocycles. The van der Waals surface area contributed by atoms with Crippen LogP contribution in [-0.4, -0.2) is 48.2 Å². The molecule has 0 radical (unpaired) electrons. The van der Waals surface area contributed by atoms with Crippen molar-refractivity contribution in [3.05, 3.63) is 23.8 Å². The minimum atomic E-state index is -0.155. The average molecular weight is 264 g/mol. The van der Waals surface area contributed by atoms with Crippen molar-refractivity contribution in [2.24, 2.45) is 0 Å². The lowest BCUT2D eigenvalue weighted by Crippen LogP contribution is -2.57. The molecule has 5 heteroatoms. The van der Waals surface area contributed by atoms with Crippen LogP contribution in [0.1, 0.15) is 24.2 Å². The molecule has 1 amide bonds. The Balaban J connectivity index is 2.33. The number of nitrogens with one attached hydrogen (secondary N) is 1. The van der Waals surface area contributed by atoms with Crippen LogP contribution >= 0.6 is 0 Å². The molecule has 104 valence electrons. The molecule has 5 nitrogen and oxygen atoms in total. The fourth-order valence-electron chi connectivity index (χ4n) is 2.53. The quantitative estimate of drug-likeness (QED) is 0.843. The van der Waals surface area contributed by atoms with E-state index in [2.05, 4.69) is 5.32 Å².